The average Bonchev–Trinajstić information content (AvgIpc) is 3.62. The number of benzene rings is 3. The molecule has 3 aromatic carbocycles. The molecule has 45 heavy (non-hydrogen) atoms. The number of hydrogen-bond donors (Lipinski definition) is 1. The summed E-state index contributed by atoms with van der Waals surface area (Å²) in [6, 6.07) is 18.4. The van der Waals surface area contributed by atoms with Gasteiger partial charge in [-0.2, -0.15) is 10.4 Å². The molecule has 5 aromatic rings. The third-order valence-electron chi connectivity index (χ3n) is 9.09. The number of carbonyl (C=O) groups is 1. The number of carboxylic acid groups (broad SMARTS) is 1. The molecule has 0 bridgehead atoms. The van der Waals surface area contributed by atoms with E-state index in [0.717, 1.165) is 58.7 Å². The van der Waals surface area contributed by atoms with E-state index in [1.807, 2.05) is 59.0 Å². The Balaban J connectivity index is 1.21. The molecule has 1 N–H and O–H groups in total. The summed E-state index contributed by atoms with van der Waals surface area (Å²) in [5, 5.41) is 24.6. The van der Waals surface area contributed by atoms with E-state index in [-0.39, 0.29) is 5.92 Å². The smallest absolute Gasteiger partial charge is 0.309 e. The van der Waals surface area contributed by atoms with Gasteiger partial charge in [-0.25, -0.2) is 9.67 Å². The lowest BCUT2D eigenvalue weighted by atomic mass is 9.96. The summed E-state index contributed by atoms with van der Waals surface area (Å²) in [7, 11) is 0. The van der Waals surface area contributed by atoms with Gasteiger partial charge in [0.15, 0.2) is 5.58 Å². The minimum absolute atomic E-state index is 0.340. The van der Waals surface area contributed by atoms with E-state index >= 15 is 0 Å². The largest absolute Gasteiger partial charge is 0.481 e. The SMILES string of the molecule is Cc1c(-c2nc3cc(CN4CC(C(=O)O)C4)cc(C#N)c3o2)cccc1-c1cccc(-n2cc3c(n2)CN(C(C)C)CC3)c1Cl. The third kappa shape index (κ3) is 5.29. The second-order valence-corrected chi connectivity index (χ2v) is 12.7. The van der Waals surface area contributed by atoms with Gasteiger partial charge in [0.05, 0.1) is 27.9 Å². The summed E-state index contributed by atoms with van der Waals surface area (Å²) in [5.74, 6) is -0.688. The predicted octanol–water partition coefficient (Wildman–Crippen LogP) is 6.46. The van der Waals surface area contributed by atoms with Crippen molar-refractivity contribution in [2.75, 3.05) is 19.6 Å². The van der Waals surface area contributed by atoms with Crippen molar-refractivity contribution in [1.82, 2.24) is 24.6 Å². The van der Waals surface area contributed by atoms with Gasteiger partial charge in [0.25, 0.3) is 0 Å². The number of carboxylic acids is 1. The average molecular weight is 621 g/mol. The molecule has 0 unspecified atom stereocenters. The quantitative estimate of drug-likeness (QED) is 0.221. The molecule has 2 aromatic heterocycles. The lowest BCUT2D eigenvalue weighted by molar-refractivity contribution is -0.147. The molecule has 0 atom stereocenters. The number of rotatable bonds is 7. The van der Waals surface area contributed by atoms with Gasteiger partial charge in [-0.3, -0.25) is 14.6 Å². The molecule has 0 amide bonds. The van der Waals surface area contributed by atoms with E-state index in [2.05, 4.69) is 31.0 Å². The summed E-state index contributed by atoms with van der Waals surface area (Å²) >= 11 is 7.11. The van der Waals surface area contributed by atoms with Gasteiger partial charge >= 0.3 is 5.97 Å². The Labute approximate surface area is 266 Å². The highest BCUT2D eigenvalue weighted by molar-refractivity contribution is 6.35. The molecular formula is C35H33ClN6O3. The molecule has 9 nitrogen and oxygen atoms in total. The molecule has 10 heteroatoms. The Morgan fingerprint density at radius 1 is 1.16 bits per heavy atom. The first-order valence-electron chi connectivity index (χ1n) is 15.2. The van der Waals surface area contributed by atoms with Crippen molar-refractivity contribution in [2.24, 2.45) is 5.92 Å². The van der Waals surface area contributed by atoms with Crippen LogP contribution in [0.3, 0.4) is 0 Å². The Bertz CT molecular complexity index is 2000. The van der Waals surface area contributed by atoms with Gasteiger partial charge in [-0.05, 0) is 73.7 Å². The fourth-order valence-corrected chi connectivity index (χ4v) is 6.76. The highest BCUT2D eigenvalue weighted by atomic mass is 35.5. The van der Waals surface area contributed by atoms with Gasteiger partial charge in [-0.15, -0.1) is 0 Å². The molecule has 1 fully saturated rings. The van der Waals surface area contributed by atoms with Crippen LogP contribution in [0.2, 0.25) is 5.02 Å². The second-order valence-electron chi connectivity index (χ2n) is 12.3. The first-order valence-corrected chi connectivity index (χ1v) is 15.6. The first-order chi connectivity index (χ1) is 21.7. The number of fused-ring (bicyclic) bond motifs is 2. The maximum Gasteiger partial charge on any atom is 0.309 e. The molecule has 1 saturated heterocycles. The van der Waals surface area contributed by atoms with Gasteiger partial charge in [0, 0.05) is 56.1 Å². The van der Waals surface area contributed by atoms with Crippen LogP contribution in [0.25, 0.3) is 39.4 Å². The van der Waals surface area contributed by atoms with Crippen LogP contribution in [0.5, 0.6) is 0 Å². The van der Waals surface area contributed by atoms with E-state index in [9.17, 15) is 15.2 Å². The van der Waals surface area contributed by atoms with Crippen LogP contribution in [0.4, 0.5) is 0 Å². The van der Waals surface area contributed by atoms with Crippen molar-refractivity contribution in [3.8, 4) is 34.3 Å². The highest BCUT2D eigenvalue weighted by Crippen LogP contribution is 2.39. The van der Waals surface area contributed by atoms with Crippen LogP contribution in [0.15, 0.2) is 59.1 Å². The van der Waals surface area contributed by atoms with Crippen LogP contribution in [0.1, 0.15) is 41.8 Å². The number of halogens is 1. The number of aromatic nitrogens is 3. The Kier molecular flexibility index (Phi) is 7.44. The molecule has 0 spiro atoms. The topological polar surface area (TPSA) is 111 Å². The van der Waals surface area contributed by atoms with E-state index in [1.54, 1.807) is 6.07 Å². The number of likely N-dealkylation sites (tertiary alicyclic amines) is 1. The molecule has 228 valence electrons. The van der Waals surface area contributed by atoms with Crippen LogP contribution in [-0.4, -0.2) is 61.3 Å². The minimum atomic E-state index is -0.774. The maximum atomic E-state index is 11.2. The Morgan fingerprint density at radius 3 is 2.67 bits per heavy atom. The number of oxazole rings is 1. The number of nitriles is 1. The van der Waals surface area contributed by atoms with E-state index < -0.39 is 5.97 Å². The minimum Gasteiger partial charge on any atom is -0.481 e. The van der Waals surface area contributed by atoms with Crippen LogP contribution in [0, 0.1) is 24.2 Å². The monoisotopic (exact) mass is 620 g/mol. The van der Waals surface area contributed by atoms with Gasteiger partial charge in [0.2, 0.25) is 5.89 Å². The number of hydrogen-bond acceptors (Lipinski definition) is 7. The molecule has 4 heterocycles. The summed E-state index contributed by atoms with van der Waals surface area (Å²) < 4.78 is 8.12. The van der Waals surface area contributed by atoms with Crippen LogP contribution in [-0.2, 0) is 24.3 Å². The number of nitrogens with zero attached hydrogens (tertiary/aromatic N) is 6. The Hall–Kier alpha value is -4.49. The first kappa shape index (κ1) is 29.2. The normalized spacial score (nSPS) is 15.7. The zero-order chi connectivity index (χ0) is 31.4. The summed E-state index contributed by atoms with van der Waals surface area (Å²) in [6.45, 7) is 9.85. The maximum absolute atomic E-state index is 11.2. The molecular weight excluding hydrogens is 588 g/mol. The van der Waals surface area contributed by atoms with Crippen molar-refractivity contribution in [3.05, 3.63) is 87.7 Å². The van der Waals surface area contributed by atoms with Gasteiger partial charge in [0.1, 0.15) is 11.6 Å². The van der Waals surface area contributed by atoms with Crippen LogP contribution >= 0.6 is 11.6 Å². The van der Waals surface area contributed by atoms with E-state index in [4.69, 9.17) is 26.1 Å². The Morgan fingerprint density at radius 2 is 1.91 bits per heavy atom. The second kappa shape index (κ2) is 11.5. The van der Waals surface area contributed by atoms with Crippen molar-refractivity contribution >= 4 is 28.7 Å². The van der Waals surface area contributed by atoms with Gasteiger partial charge in [-0.1, -0.05) is 35.9 Å². The highest BCUT2D eigenvalue weighted by Gasteiger charge is 2.32. The van der Waals surface area contributed by atoms with Crippen molar-refractivity contribution in [1.29, 1.82) is 5.26 Å². The summed E-state index contributed by atoms with van der Waals surface area (Å²) in [4.78, 5) is 20.5. The lowest BCUT2D eigenvalue weighted by Gasteiger charge is -2.36. The van der Waals surface area contributed by atoms with E-state index in [1.165, 1.54) is 5.56 Å². The molecule has 0 aliphatic carbocycles. The van der Waals surface area contributed by atoms with Crippen molar-refractivity contribution in [2.45, 2.75) is 46.3 Å². The third-order valence-corrected chi connectivity index (χ3v) is 9.49. The van der Waals surface area contributed by atoms with E-state index in [0.29, 0.717) is 53.3 Å². The van der Waals surface area contributed by atoms with Crippen molar-refractivity contribution < 1.29 is 14.3 Å². The standard InChI is InChI=1S/C35H33ClN6O3/c1-20(2)41-11-10-23-18-42(39-30(23)19-41)31-9-5-8-28(32(31)36)26-6-4-7-27(21(26)3)34-38-29-13-22(12-24(14-37)33(29)45-34)15-40-16-25(17-40)35(43)44/h4-9,12-13,18,20,25H,10-11,15-17,19H2,1-3H3,(H,43,44). The predicted molar refractivity (Wildman–Crippen MR) is 172 cm³/mol. The molecule has 2 aliphatic heterocycles. The molecule has 2 aliphatic rings. The number of aliphatic carboxylic acids is 1. The van der Waals surface area contributed by atoms with Crippen LogP contribution < -0.4 is 0 Å². The lowest BCUT2D eigenvalue weighted by Crippen LogP contribution is -2.49. The summed E-state index contributed by atoms with van der Waals surface area (Å²) in [5.41, 5.74) is 9.12. The fraction of sp³-hybridized carbons (Fsp3) is 0.314. The van der Waals surface area contributed by atoms with Gasteiger partial charge < -0.3 is 9.52 Å². The zero-order valence-corrected chi connectivity index (χ0v) is 26.2. The summed E-state index contributed by atoms with van der Waals surface area (Å²) in [6.07, 6.45) is 3.07. The molecule has 0 radical (unpaired) electrons. The fourth-order valence-electron chi connectivity index (χ4n) is 6.44. The van der Waals surface area contributed by atoms with Crippen molar-refractivity contribution in [3.63, 3.8) is 0 Å². The molecule has 7 rings (SSSR count). The zero-order valence-electron chi connectivity index (χ0n) is 25.4. The molecule has 0 saturated carbocycles.